The van der Waals surface area contributed by atoms with Gasteiger partial charge in [-0.15, -0.1) is 0 Å². The molecule has 2 aromatic carbocycles. The Hall–Kier alpha value is -3.04. The van der Waals surface area contributed by atoms with Crippen molar-refractivity contribution < 1.29 is 9.59 Å². The quantitative estimate of drug-likeness (QED) is 0.625. The van der Waals surface area contributed by atoms with Crippen LogP contribution in [0.3, 0.4) is 0 Å². The lowest BCUT2D eigenvalue weighted by Gasteiger charge is -2.18. The zero-order valence-corrected chi connectivity index (χ0v) is 16.6. The van der Waals surface area contributed by atoms with Gasteiger partial charge in [0.1, 0.15) is 16.7 Å². The Labute approximate surface area is 169 Å². The zero-order valence-electron chi connectivity index (χ0n) is 15.8. The van der Waals surface area contributed by atoms with Crippen LogP contribution in [0.5, 0.6) is 0 Å². The molecule has 1 heterocycles. The van der Waals surface area contributed by atoms with Crippen molar-refractivity contribution in [3.05, 3.63) is 76.3 Å². The molecule has 1 fully saturated rings. The van der Waals surface area contributed by atoms with E-state index >= 15 is 0 Å². The maximum Gasteiger partial charge on any atom is 0.264 e. The number of carbonyl (C=O) groups is 2. The van der Waals surface area contributed by atoms with Gasteiger partial charge in [-0.05, 0) is 38.0 Å². The van der Waals surface area contributed by atoms with E-state index in [1.54, 1.807) is 6.92 Å². The van der Waals surface area contributed by atoms with E-state index in [0.717, 1.165) is 11.1 Å². The Morgan fingerprint density at radius 1 is 1.18 bits per heavy atom. The number of thioether (sulfide) groups is 1. The number of benzene rings is 2. The molecule has 1 saturated heterocycles. The van der Waals surface area contributed by atoms with Gasteiger partial charge < -0.3 is 5.32 Å². The molecular weight excluding hydrogens is 370 g/mol. The summed E-state index contributed by atoms with van der Waals surface area (Å²) in [6, 6.07) is 19.3. The molecule has 0 saturated carbocycles. The van der Waals surface area contributed by atoms with Crippen molar-refractivity contribution in [1.29, 1.82) is 5.26 Å². The van der Waals surface area contributed by atoms with Gasteiger partial charge in [0.25, 0.3) is 5.91 Å². The van der Waals surface area contributed by atoms with Gasteiger partial charge in [-0.2, -0.15) is 5.26 Å². The fourth-order valence-corrected chi connectivity index (χ4v) is 4.01. The van der Waals surface area contributed by atoms with Crippen LogP contribution in [0.25, 0.3) is 0 Å². The third-order valence-electron chi connectivity index (χ3n) is 4.45. The molecular formula is C22H21N3O2S. The number of rotatable bonds is 5. The zero-order chi connectivity index (χ0) is 20.1. The fourth-order valence-electron chi connectivity index (χ4n) is 2.91. The molecule has 6 heteroatoms. The van der Waals surface area contributed by atoms with Gasteiger partial charge >= 0.3 is 0 Å². The van der Waals surface area contributed by atoms with E-state index in [4.69, 9.17) is 0 Å². The summed E-state index contributed by atoms with van der Waals surface area (Å²) in [5.74, 6) is -0.589. The summed E-state index contributed by atoms with van der Waals surface area (Å²) in [6.45, 7) is 4.16. The molecule has 1 atom stereocenters. The minimum atomic E-state index is -0.458. The van der Waals surface area contributed by atoms with Crippen molar-refractivity contribution in [3.8, 4) is 6.07 Å². The molecule has 142 valence electrons. The Morgan fingerprint density at radius 3 is 2.50 bits per heavy atom. The molecule has 2 aromatic rings. The van der Waals surface area contributed by atoms with E-state index < -0.39 is 5.91 Å². The minimum absolute atomic E-state index is 0.0312. The third-order valence-corrected chi connectivity index (χ3v) is 5.61. The number of aryl methyl sites for hydroxylation is 1. The molecule has 5 nitrogen and oxygen atoms in total. The molecule has 3 rings (SSSR count). The standard InChI is InChI=1S/C22H21N3O2S/c1-15-8-10-18(11-9-15)25-21(27)16(2)28-22(25)19(14-23)20(26)24-13-12-17-6-4-3-5-7-17/h3-11,16H,12-13H2,1-2H3,(H,24,26)/b22-19+. The van der Waals surface area contributed by atoms with Gasteiger partial charge in [0.2, 0.25) is 5.91 Å². The minimum Gasteiger partial charge on any atom is -0.351 e. The fraction of sp³-hybridized carbons (Fsp3) is 0.227. The average molecular weight is 391 g/mol. The normalized spacial score (nSPS) is 18.0. The predicted molar refractivity (Wildman–Crippen MR) is 112 cm³/mol. The second kappa shape index (κ2) is 8.77. The molecule has 0 radical (unpaired) electrons. The van der Waals surface area contributed by atoms with Crippen molar-refractivity contribution in [2.45, 2.75) is 25.5 Å². The number of carbonyl (C=O) groups excluding carboxylic acids is 2. The molecule has 1 aliphatic rings. The van der Waals surface area contributed by atoms with Crippen molar-refractivity contribution in [2.75, 3.05) is 11.4 Å². The lowest BCUT2D eigenvalue weighted by atomic mass is 10.1. The number of amides is 2. The second-order valence-electron chi connectivity index (χ2n) is 6.55. The number of anilines is 1. The van der Waals surface area contributed by atoms with Crippen LogP contribution in [0.4, 0.5) is 5.69 Å². The largest absolute Gasteiger partial charge is 0.351 e. The summed E-state index contributed by atoms with van der Waals surface area (Å²) in [4.78, 5) is 26.8. The van der Waals surface area contributed by atoms with Crippen LogP contribution in [0.15, 0.2) is 65.2 Å². The van der Waals surface area contributed by atoms with Crippen LogP contribution >= 0.6 is 11.8 Å². The van der Waals surface area contributed by atoms with Crippen LogP contribution in [0, 0.1) is 18.3 Å². The van der Waals surface area contributed by atoms with Gasteiger partial charge in [0.15, 0.2) is 0 Å². The third kappa shape index (κ3) is 4.26. The predicted octanol–water partition coefficient (Wildman–Crippen LogP) is 3.56. The van der Waals surface area contributed by atoms with Crippen molar-refractivity contribution in [3.63, 3.8) is 0 Å². The summed E-state index contributed by atoms with van der Waals surface area (Å²) >= 11 is 1.24. The number of nitrogens with one attached hydrogen (secondary N) is 1. The van der Waals surface area contributed by atoms with E-state index in [9.17, 15) is 14.9 Å². The Balaban J connectivity index is 1.82. The molecule has 2 amide bonds. The van der Waals surface area contributed by atoms with Gasteiger partial charge in [0.05, 0.1) is 5.25 Å². The van der Waals surface area contributed by atoms with Crippen molar-refractivity contribution in [1.82, 2.24) is 5.32 Å². The molecule has 0 spiro atoms. The van der Waals surface area contributed by atoms with Gasteiger partial charge in [-0.25, -0.2) is 0 Å². The van der Waals surface area contributed by atoms with E-state index in [2.05, 4.69) is 5.32 Å². The molecule has 1 unspecified atom stereocenters. The van der Waals surface area contributed by atoms with E-state index in [1.807, 2.05) is 67.6 Å². The van der Waals surface area contributed by atoms with E-state index in [1.165, 1.54) is 16.7 Å². The summed E-state index contributed by atoms with van der Waals surface area (Å²) in [6.07, 6.45) is 0.671. The SMILES string of the molecule is Cc1ccc(N2C(=O)C(C)S/C2=C(\C#N)C(=O)NCCc2ccccc2)cc1. The summed E-state index contributed by atoms with van der Waals surface area (Å²) in [5.41, 5.74) is 2.80. The first-order valence-corrected chi connectivity index (χ1v) is 9.93. The van der Waals surface area contributed by atoms with E-state index in [0.29, 0.717) is 23.7 Å². The molecule has 1 N–H and O–H groups in total. The summed E-state index contributed by atoms with van der Waals surface area (Å²) in [5, 5.41) is 12.5. The Kier molecular flexibility index (Phi) is 6.17. The maximum atomic E-state index is 12.7. The molecule has 0 bridgehead atoms. The van der Waals surface area contributed by atoms with Crippen LogP contribution in [-0.2, 0) is 16.0 Å². The first kappa shape index (κ1) is 19.7. The van der Waals surface area contributed by atoms with Crippen molar-refractivity contribution in [2.24, 2.45) is 0 Å². The van der Waals surface area contributed by atoms with E-state index in [-0.39, 0.29) is 16.7 Å². The Morgan fingerprint density at radius 2 is 1.86 bits per heavy atom. The lowest BCUT2D eigenvalue weighted by molar-refractivity contribution is -0.117. The summed E-state index contributed by atoms with van der Waals surface area (Å²) < 4.78 is 0. The molecule has 28 heavy (non-hydrogen) atoms. The monoisotopic (exact) mass is 391 g/mol. The lowest BCUT2D eigenvalue weighted by Crippen LogP contribution is -2.31. The van der Waals surface area contributed by atoms with Gasteiger partial charge in [-0.1, -0.05) is 59.8 Å². The highest BCUT2D eigenvalue weighted by Crippen LogP contribution is 2.40. The second-order valence-corrected chi connectivity index (χ2v) is 7.88. The van der Waals surface area contributed by atoms with Crippen LogP contribution in [-0.4, -0.2) is 23.6 Å². The maximum absolute atomic E-state index is 12.7. The topological polar surface area (TPSA) is 73.2 Å². The first-order valence-electron chi connectivity index (χ1n) is 9.05. The number of hydrogen-bond acceptors (Lipinski definition) is 4. The average Bonchev–Trinajstić information content (AvgIpc) is 2.98. The Bertz CT molecular complexity index is 946. The van der Waals surface area contributed by atoms with Crippen LogP contribution in [0.2, 0.25) is 0 Å². The van der Waals surface area contributed by atoms with Crippen molar-refractivity contribution >= 4 is 29.3 Å². The van der Waals surface area contributed by atoms with Gasteiger partial charge in [0, 0.05) is 12.2 Å². The summed E-state index contributed by atoms with van der Waals surface area (Å²) in [7, 11) is 0. The first-order chi connectivity index (χ1) is 13.5. The number of nitrogens with zero attached hydrogens (tertiary/aromatic N) is 2. The highest BCUT2D eigenvalue weighted by atomic mass is 32.2. The number of hydrogen-bond donors (Lipinski definition) is 1. The van der Waals surface area contributed by atoms with Gasteiger partial charge in [-0.3, -0.25) is 14.5 Å². The number of nitriles is 1. The highest BCUT2D eigenvalue weighted by Gasteiger charge is 2.38. The smallest absolute Gasteiger partial charge is 0.264 e. The van der Waals surface area contributed by atoms with Crippen LogP contribution in [0.1, 0.15) is 18.1 Å². The molecule has 0 aromatic heterocycles. The molecule has 0 aliphatic carbocycles. The highest BCUT2D eigenvalue weighted by molar-refractivity contribution is 8.05. The van der Waals surface area contributed by atoms with Crippen LogP contribution < -0.4 is 10.2 Å². The molecule has 1 aliphatic heterocycles.